The van der Waals surface area contributed by atoms with Crippen molar-refractivity contribution >= 4 is 17.8 Å². The Morgan fingerprint density at radius 2 is 2.04 bits per heavy atom. The lowest BCUT2D eigenvalue weighted by atomic mass is 9.81. The van der Waals surface area contributed by atoms with Gasteiger partial charge in [0.25, 0.3) is 0 Å². The van der Waals surface area contributed by atoms with E-state index in [9.17, 15) is 19.5 Å². The second kappa shape index (κ2) is 6.35. The molecule has 7 nitrogen and oxygen atoms in total. The first-order chi connectivity index (χ1) is 11.3. The largest absolute Gasteiger partial charge is 0.481 e. The first kappa shape index (κ1) is 17.2. The molecule has 2 N–H and O–H groups in total. The third kappa shape index (κ3) is 3.14. The molecular formula is C17H27N3O4. The third-order valence-electron chi connectivity index (χ3n) is 5.93. The molecule has 0 aromatic rings. The summed E-state index contributed by atoms with van der Waals surface area (Å²) in [5, 5.41) is 12.5. The molecule has 3 rings (SSSR count). The van der Waals surface area contributed by atoms with Gasteiger partial charge in [0.1, 0.15) is 0 Å². The van der Waals surface area contributed by atoms with Crippen LogP contribution in [0, 0.1) is 11.3 Å². The first-order valence-electron chi connectivity index (χ1n) is 8.85. The molecule has 0 spiro atoms. The van der Waals surface area contributed by atoms with Crippen molar-refractivity contribution in [3.05, 3.63) is 0 Å². The molecule has 1 heterocycles. The Bertz CT molecular complexity index is 548. The zero-order valence-corrected chi connectivity index (χ0v) is 14.5. The van der Waals surface area contributed by atoms with E-state index in [1.165, 1.54) is 4.90 Å². The van der Waals surface area contributed by atoms with E-state index < -0.39 is 17.4 Å². The highest BCUT2D eigenvalue weighted by Crippen LogP contribution is 2.49. The van der Waals surface area contributed by atoms with E-state index in [1.54, 1.807) is 7.05 Å². The molecule has 24 heavy (non-hydrogen) atoms. The van der Waals surface area contributed by atoms with Crippen molar-refractivity contribution in [1.82, 2.24) is 15.1 Å². The fourth-order valence-corrected chi connectivity index (χ4v) is 4.24. The smallest absolute Gasteiger partial charge is 0.311 e. The number of carboxylic acid groups (broad SMARTS) is 1. The van der Waals surface area contributed by atoms with Crippen molar-refractivity contribution in [1.29, 1.82) is 0 Å². The fraction of sp³-hybridized carbons (Fsp3) is 0.824. The average molecular weight is 337 g/mol. The lowest BCUT2D eigenvalue weighted by Gasteiger charge is -2.29. The van der Waals surface area contributed by atoms with Gasteiger partial charge in [0, 0.05) is 26.2 Å². The number of carboxylic acids is 1. The van der Waals surface area contributed by atoms with Crippen LogP contribution in [0.3, 0.4) is 0 Å². The van der Waals surface area contributed by atoms with Gasteiger partial charge in [-0.15, -0.1) is 0 Å². The van der Waals surface area contributed by atoms with E-state index in [0.717, 1.165) is 25.7 Å². The first-order valence-corrected chi connectivity index (χ1v) is 8.85. The van der Waals surface area contributed by atoms with Crippen LogP contribution in [0.15, 0.2) is 0 Å². The summed E-state index contributed by atoms with van der Waals surface area (Å²) >= 11 is 0. The van der Waals surface area contributed by atoms with Gasteiger partial charge in [-0.05, 0) is 38.5 Å². The molecule has 2 saturated carbocycles. The summed E-state index contributed by atoms with van der Waals surface area (Å²) in [6.07, 6.45) is 4.61. The minimum absolute atomic E-state index is 0.0566. The number of hydrogen-bond acceptors (Lipinski definition) is 4. The van der Waals surface area contributed by atoms with E-state index in [1.807, 2.05) is 11.8 Å². The number of carbonyl (C=O) groups is 3. The van der Waals surface area contributed by atoms with Gasteiger partial charge in [-0.2, -0.15) is 0 Å². The molecule has 0 aromatic heterocycles. The minimum Gasteiger partial charge on any atom is -0.481 e. The van der Waals surface area contributed by atoms with Gasteiger partial charge < -0.3 is 15.3 Å². The Labute approximate surface area is 142 Å². The van der Waals surface area contributed by atoms with Gasteiger partial charge in [-0.3, -0.25) is 19.3 Å². The maximum Gasteiger partial charge on any atom is 0.311 e. The van der Waals surface area contributed by atoms with E-state index >= 15 is 0 Å². The van der Waals surface area contributed by atoms with Crippen molar-refractivity contribution in [2.45, 2.75) is 51.1 Å². The second-order valence-corrected chi connectivity index (χ2v) is 7.69. The molecule has 3 atom stereocenters. The summed E-state index contributed by atoms with van der Waals surface area (Å²) in [6.45, 7) is 2.96. The molecule has 0 radical (unpaired) electrons. The van der Waals surface area contributed by atoms with Crippen LogP contribution in [0.1, 0.15) is 39.0 Å². The van der Waals surface area contributed by atoms with Crippen LogP contribution < -0.4 is 5.32 Å². The van der Waals surface area contributed by atoms with E-state index in [4.69, 9.17) is 0 Å². The van der Waals surface area contributed by atoms with Gasteiger partial charge in [0.2, 0.25) is 11.8 Å². The second-order valence-electron chi connectivity index (χ2n) is 7.69. The van der Waals surface area contributed by atoms with Crippen LogP contribution in [0.4, 0.5) is 0 Å². The summed E-state index contributed by atoms with van der Waals surface area (Å²) in [6, 6.07) is -0.114. The Kier molecular flexibility index (Phi) is 4.55. The Hall–Kier alpha value is -1.63. The molecule has 0 aromatic carbocycles. The SMILES string of the molecule is CC(C(=O)N(C)CC(=O)NC1CC1)N1C[C@@H]2CCC[C@@]2(C(=O)O)C1. The number of nitrogens with one attached hydrogen (secondary N) is 1. The molecule has 3 aliphatic rings. The van der Waals surface area contributed by atoms with Gasteiger partial charge >= 0.3 is 5.97 Å². The van der Waals surface area contributed by atoms with Gasteiger partial charge in [0.15, 0.2) is 0 Å². The number of nitrogens with zero attached hydrogens (tertiary/aromatic N) is 2. The molecule has 7 heteroatoms. The number of rotatable bonds is 6. The van der Waals surface area contributed by atoms with Crippen LogP contribution >= 0.6 is 0 Å². The molecule has 3 fully saturated rings. The summed E-state index contributed by atoms with van der Waals surface area (Å²) in [5.74, 6) is -0.847. The lowest BCUT2D eigenvalue weighted by Crippen LogP contribution is -2.49. The highest BCUT2D eigenvalue weighted by molar-refractivity contribution is 5.87. The number of hydrogen-bond donors (Lipinski definition) is 2. The third-order valence-corrected chi connectivity index (χ3v) is 5.93. The monoisotopic (exact) mass is 337 g/mol. The zero-order valence-electron chi connectivity index (χ0n) is 14.5. The Balaban J connectivity index is 1.57. The normalized spacial score (nSPS) is 30.7. The molecule has 1 saturated heterocycles. The van der Waals surface area contributed by atoms with Crippen molar-refractivity contribution in [2.24, 2.45) is 11.3 Å². The summed E-state index contributed by atoms with van der Waals surface area (Å²) in [4.78, 5) is 39.7. The number of likely N-dealkylation sites (tertiary alicyclic amines) is 1. The zero-order chi connectivity index (χ0) is 17.5. The van der Waals surface area contributed by atoms with Gasteiger partial charge in [-0.1, -0.05) is 6.42 Å². The minimum atomic E-state index is -0.732. The quantitative estimate of drug-likeness (QED) is 0.727. The van der Waals surface area contributed by atoms with Crippen molar-refractivity contribution in [2.75, 3.05) is 26.7 Å². The predicted molar refractivity (Wildman–Crippen MR) is 87.2 cm³/mol. The molecule has 2 aliphatic carbocycles. The number of fused-ring (bicyclic) bond motifs is 1. The average Bonchev–Trinajstić information content (AvgIpc) is 3.10. The van der Waals surface area contributed by atoms with Crippen LogP contribution in [0.25, 0.3) is 0 Å². The number of amides is 2. The fourth-order valence-electron chi connectivity index (χ4n) is 4.24. The van der Waals surface area contributed by atoms with Gasteiger partial charge in [0.05, 0.1) is 18.0 Å². The van der Waals surface area contributed by atoms with Crippen LogP contribution in [-0.2, 0) is 14.4 Å². The maximum absolute atomic E-state index is 12.6. The van der Waals surface area contributed by atoms with E-state index in [-0.39, 0.29) is 30.3 Å². The van der Waals surface area contributed by atoms with Crippen LogP contribution in [0.5, 0.6) is 0 Å². The van der Waals surface area contributed by atoms with E-state index in [0.29, 0.717) is 19.5 Å². The lowest BCUT2D eigenvalue weighted by molar-refractivity contribution is -0.150. The highest BCUT2D eigenvalue weighted by Gasteiger charge is 2.56. The summed E-state index contributed by atoms with van der Waals surface area (Å²) in [5.41, 5.74) is -0.684. The maximum atomic E-state index is 12.6. The van der Waals surface area contributed by atoms with Crippen LogP contribution in [0.2, 0.25) is 0 Å². The molecule has 1 aliphatic heterocycles. The Morgan fingerprint density at radius 3 is 2.62 bits per heavy atom. The van der Waals surface area contributed by atoms with Crippen molar-refractivity contribution < 1.29 is 19.5 Å². The summed E-state index contributed by atoms with van der Waals surface area (Å²) < 4.78 is 0. The van der Waals surface area contributed by atoms with Gasteiger partial charge in [-0.25, -0.2) is 0 Å². The van der Waals surface area contributed by atoms with Crippen LogP contribution in [-0.4, -0.2) is 71.5 Å². The topological polar surface area (TPSA) is 90.0 Å². The standard InChI is InChI=1S/C17H27N3O4/c1-11(15(22)19(2)9-14(21)18-13-5-6-13)20-8-12-4-3-7-17(12,10-20)16(23)24/h11-13H,3-10H2,1-2H3,(H,18,21)(H,23,24)/t11?,12-,17+/m0/s1. The molecule has 2 amide bonds. The molecule has 134 valence electrons. The predicted octanol–water partition coefficient (Wildman–Crippen LogP) is 0.299. The van der Waals surface area contributed by atoms with Crippen molar-refractivity contribution in [3.8, 4) is 0 Å². The number of carbonyl (C=O) groups excluding carboxylic acids is 2. The molecular weight excluding hydrogens is 310 g/mol. The number of aliphatic carboxylic acids is 1. The molecule has 0 bridgehead atoms. The molecule has 1 unspecified atom stereocenters. The highest BCUT2D eigenvalue weighted by atomic mass is 16.4. The Morgan fingerprint density at radius 1 is 1.33 bits per heavy atom. The van der Waals surface area contributed by atoms with Crippen molar-refractivity contribution in [3.63, 3.8) is 0 Å². The summed E-state index contributed by atoms with van der Waals surface area (Å²) in [7, 11) is 1.63. The number of likely N-dealkylation sites (N-methyl/N-ethyl adjacent to an activating group) is 1. The van der Waals surface area contributed by atoms with E-state index in [2.05, 4.69) is 5.32 Å².